The second-order valence-corrected chi connectivity index (χ2v) is 6.78. The Morgan fingerprint density at radius 1 is 1.11 bits per heavy atom. The van der Waals surface area contributed by atoms with Gasteiger partial charge in [-0.1, -0.05) is 18.2 Å². The molecule has 0 fully saturated rings. The number of anilines is 1. The molecule has 8 heteroatoms. The smallest absolute Gasteiger partial charge is 0.233 e. The van der Waals surface area contributed by atoms with E-state index in [0.717, 1.165) is 17.0 Å². The molecule has 8 nitrogen and oxygen atoms in total. The largest absolute Gasteiger partial charge is 0.491 e. The van der Waals surface area contributed by atoms with Crippen molar-refractivity contribution in [2.75, 3.05) is 25.2 Å². The molecule has 2 aromatic rings. The topological polar surface area (TPSA) is 101 Å². The van der Waals surface area contributed by atoms with E-state index in [1.54, 1.807) is 12.1 Å². The zero-order chi connectivity index (χ0) is 20.4. The van der Waals surface area contributed by atoms with Crippen molar-refractivity contribution in [3.8, 4) is 11.6 Å². The molecule has 2 atom stereocenters. The highest BCUT2D eigenvalue weighted by Gasteiger charge is 2.10. The summed E-state index contributed by atoms with van der Waals surface area (Å²) in [5.74, 6) is 1.77. The van der Waals surface area contributed by atoms with Gasteiger partial charge in [0.25, 0.3) is 0 Å². The van der Waals surface area contributed by atoms with Crippen LogP contribution in [0.5, 0.6) is 11.6 Å². The third-order valence-electron chi connectivity index (χ3n) is 3.74. The normalized spacial score (nSPS) is 12.8. The Labute approximate surface area is 166 Å². The molecule has 1 aromatic heterocycles. The quantitative estimate of drug-likeness (QED) is 0.402. The van der Waals surface area contributed by atoms with Gasteiger partial charge >= 0.3 is 0 Å². The van der Waals surface area contributed by atoms with Crippen molar-refractivity contribution in [3.05, 3.63) is 42.0 Å². The number of aliphatic hydroxyl groups excluding tert-OH is 1. The van der Waals surface area contributed by atoms with E-state index in [2.05, 4.69) is 26.0 Å². The second kappa shape index (κ2) is 11.2. The summed E-state index contributed by atoms with van der Waals surface area (Å²) in [6.45, 7) is 8.75. The van der Waals surface area contributed by atoms with E-state index in [4.69, 9.17) is 9.47 Å². The van der Waals surface area contributed by atoms with Gasteiger partial charge in [0.2, 0.25) is 5.88 Å². The number of hydrogen-bond donors (Lipinski definition) is 3. The molecule has 152 valence electrons. The highest BCUT2D eigenvalue weighted by molar-refractivity contribution is 5.79. The summed E-state index contributed by atoms with van der Waals surface area (Å²) >= 11 is 0. The molecular weight excluding hydrogens is 358 g/mol. The highest BCUT2D eigenvalue weighted by Crippen LogP contribution is 2.16. The van der Waals surface area contributed by atoms with Crippen LogP contribution in [0.2, 0.25) is 0 Å². The Hall–Kier alpha value is -2.71. The lowest BCUT2D eigenvalue weighted by Gasteiger charge is -2.18. The van der Waals surface area contributed by atoms with Crippen LogP contribution in [-0.2, 0) is 0 Å². The van der Waals surface area contributed by atoms with Gasteiger partial charge in [0.05, 0.1) is 0 Å². The molecule has 0 amide bonds. The molecule has 0 aliphatic heterocycles. The van der Waals surface area contributed by atoms with Crippen molar-refractivity contribution in [2.45, 2.75) is 39.8 Å². The molecule has 28 heavy (non-hydrogen) atoms. The molecule has 1 aromatic carbocycles. The summed E-state index contributed by atoms with van der Waals surface area (Å²) in [4.78, 5) is 0. The number of para-hydroxylation sites is 1. The van der Waals surface area contributed by atoms with Crippen LogP contribution in [-0.4, -0.2) is 52.9 Å². The Kier molecular flexibility index (Phi) is 8.64. The van der Waals surface area contributed by atoms with E-state index in [1.807, 2.05) is 52.0 Å². The number of nitrogens with one attached hydrogen (secondary N) is 2. The summed E-state index contributed by atoms with van der Waals surface area (Å²) in [5.41, 5.74) is 4.74. The fourth-order valence-electron chi connectivity index (χ4n) is 2.20. The van der Waals surface area contributed by atoms with Crippen molar-refractivity contribution in [2.24, 2.45) is 5.10 Å². The number of hydrogen-bond acceptors (Lipinski definition) is 8. The minimum atomic E-state index is -0.616. The molecule has 0 bridgehead atoms. The first-order valence-electron chi connectivity index (χ1n) is 9.27. The van der Waals surface area contributed by atoms with Gasteiger partial charge in [0.1, 0.15) is 25.1 Å². The molecule has 0 saturated heterocycles. The maximum Gasteiger partial charge on any atom is 0.233 e. The van der Waals surface area contributed by atoms with Crippen LogP contribution in [0.4, 0.5) is 5.82 Å². The minimum Gasteiger partial charge on any atom is -0.491 e. The summed E-state index contributed by atoms with van der Waals surface area (Å²) < 4.78 is 11.3. The van der Waals surface area contributed by atoms with E-state index >= 15 is 0 Å². The molecule has 2 rings (SSSR count). The molecule has 1 heterocycles. The number of hydrazone groups is 1. The summed E-state index contributed by atoms with van der Waals surface area (Å²) in [6.07, 6.45) is -0.616. The fraction of sp³-hybridized carbons (Fsp3) is 0.450. The average Bonchev–Trinajstić information content (AvgIpc) is 2.69. The van der Waals surface area contributed by atoms with E-state index in [-0.39, 0.29) is 12.6 Å². The molecule has 2 unspecified atom stereocenters. The first kappa shape index (κ1) is 21.6. The average molecular weight is 387 g/mol. The third kappa shape index (κ3) is 7.89. The lowest BCUT2D eigenvalue weighted by atomic mass is 10.2. The molecule has 0 aliphatic rings. The van der Waals surface area contributed by atoms with Crippen molar-refractivity contribution < 1.29 is 14.6 Å². The predicted octanol–water partition coefficient (Wildman–Crippen LogP) is 2.39. The Bertz CT molecular complexity index is 748. The zero-order valence-electron chi connectivity index (χ0n) is 16.8. The second-order valence-electron chi connectivity index (χ2n) is 6.78. The zero-order valence-corrected chi connectivity index (χ0v) is 16.8. The van der Waals surface area contributed by atoms with Crippen LogP contribution in [0.25, 0.3) is 0 Å². The van der Waals surface area contributed by atoms with Gasteiger partial charge in [-0.05, 0) is 45.4 Å². The van der Waals surface area contributed by atoms with Gasteiger partial charge in [-0.3, -0.25) is 5.43 Å². The first-order valence-corrected chi connectivity index (χ1v) is 9.27. The van der Waals surface area contributed by atoms with Crippen LogP contribution >= 0.6 is 0 Å². The Morgan fingerprint density at radius 2 is 1.89 bits per heavy atom. The Morgan fingerprint density at radius 3 is 2.57 bits per heavy atom. The van der Waals surface area contributed by atoms with Gasteiger partial charge in [-0.2, -0.15) is 5.10 Å². The van der Waals surface area contributed by atoms with Crippen LogP contribution in [0.3, 0.4) is 0 Å². The van der Waals surface area contributed by atoms with E-state index in [0.29, 0.717) is 24.8 Å². The standard InChI is InChI=1S/C20H29N5O3/c1-14(2)22-23-19-9-10-20(25-24-19)28-12-16(4)21-11-17(26)13-27-18-8-6-5-7-15(18)3/h5-10,16-17,21,26H,11-13H2,1-4H3,(H,23,24). The number of rotatable bonds is 11. The number of benzene rings is 1. The van der Waals surface area contributed by atoms with E-state index in [9.17, 15) is 5.11 Å². The number of nitrogens with zero attached hydrogens (tertiary/aromatic N) is 3. The van der Waals surface area contributed by atoms with Crippen molar-refractivity contribution in [1.29, 1.82) is 0 Å². The van der Waals surface area contributed by atoms with Gasteiger partial charge in [0.15, 0.2) is 5.82 Å². The maximum absolute atomic E-state index is 10.1. The fourth-order valence-corrected chi connectivity index (χ4v) is 2.20. The number of aryl methyl sites for hydroxylation is 1. The summed E-state index contributed by atoms with van der Waals surface area (Å²) in [5, 5.41) is 25.3. The highest BCUT2D eigenvalue weighted by atomic mass is 16.5. The Balaban J connectivity index is 1.66. The lowest BCUT2D eigenvalue weighted by molar-refractivity contribution is 0.101. The van der Waals surface area contributed by atoms with Crippen LogP contribution in [0.1, 0.15) is 26.3 Å². The lowest BCUT2D eigenvalue weighted by Crippen LogP contribution is -2.39. The first-order chi connectivity index (χ1) is 13.4. The van der Waals surface area contributed by atoms with Crippen molar-refractivity contribution in [1.82, 2.24) is 15.5 Å². The van der Waals surface area contributed by atoms with Crippen LogP contribution in [0.15, 0.2) is 41.5 Å². The molecule has 0 saturated carbocycles. The molecule has 0 spiro atoms. The summed E-state index contributed by atoms with van der Waals surface area (Å²) in [6, 6.07) is 11.2. The summed E-state index contributed by atoms with van der Waals surface area (Å²) in [7, 11) is 0. The molecule has 0 aliphatic carbocycles. The number of aromatic nitrogens is 2. The number of ether oxygens (including phenoxy) is 2. The minimum absolute atomic E-state index is 0.0278. The van der Waals surface area contributed by atoms with Crippen LogP contribution in [0, 0.1) is 6.92 Å². The van der Waals surface area contributed by atoms with Crippen molar-refractivity contribution in [3.63, 3.8) is 0 Å². The van der Waals surface area contributed by atoms with Crippen LogP contribution < -0.4 is 20.2 Å². The van der Waals surface area contributed by atoms with Gasteiger partial charge < -0.3 is 19.9 Å². The van der Waals surface area contributed by atoms with E-state index in [1.165, 1.54) is 0 Å². The molecule has 3 N–H and O–H groups in total. The number of aliphatic hydroxyl groups is 1. The van der Waals surface area contributed by atoms with Gasteiger partial charge in [0, 0.05) is 24.4 Å². The monoisotopic (exact) mass is 387 g/mol. The van der Waals surface area contributed by atoms with Gasteiger partial charge in [-0.15, -0.1) is 10.2 Å². The van der Waals surface area contributed by atoms with Gasteiger partial charge in [-0.25, -0.2) is 0 Å². The molecule has 0 radical (unpaired) electrons. The maximum atomic E-state index is 10.1. The van der Waals surface area contributed by atoms with Crippen molar-refractivity contribution >= 4 is 11.5 Å². The third-order valence-corrected chi connectivity index (χ3v) is 3.74. The van der Waals surface area contributed by atoms with E-state index < -0.39 is 6.10 Å². The SMILES string of the molecule is CC(C)=NNc1ccc(OCC(C)NCC(O)COc2ccccc2C)nn1. The predicted molar refractivity (Wildman–Crippen MR) is 110 cm³/mol. The molecular formula is C20H29N5O3.